The van der Waals surface area contributed by atoms with E-state index in [2.05, 4.69) is 5.32 Å². The zero-order valence-corrected chi connectivity index (χ0v) is 8.99. The molecule has 2 aliphatic rings. The summed E-state index contributed by atoms with van der Waals surface area (Å²) in [6, 6.07) is 0.691. The minimum atomic E-state index is 0.186. The molecular weight excluding hydrogens is 178 g/mol. The molecule has 80 valence electrons. The Morgan fingerprint density at radius 3 is 2.64 bits per heavy atom. The van der Waals surface area contributed by atoms with E-state index in [0.717, 1.165) is 25.6 Å². The highest BCUT2D eigenvalue weighted by Crippen LogP contribution is 2.33. The highest BCUT2D eigenvalue weighted by atomic mass is 16.2. The molecule has 1 saturated carbocycles. The second kappa shape index (κ2) is 3.77. The molecule has 0 aromatic heterocycles. The summed E-state index contributed by atoms with van der Waals surface area (Å²) in [7, 11) is 3.86. The van der Waals surface area contributed by atoms with Crippen molar-refractivity contribution in [1.82, 2.24) is 15.1 Å². The zero-order valence-electron chi connectivity index (χ0n) is 8.99. The lowest BCUT2D eigenvalue weighted by molar-refractivity contribution is 0.193. The number of hydrogen-bond donors (Lipinski definition) is 1. The van der Waals surface area contributed by atoms with Gasteiger partial charge in [-0.05, 0) is 25.8 Å². The Morgan fingerprint density at radius 2 is 2.21 bits per heavy atom. The number of nitrogens with zero attached hydrogens (tertiary/aromatic N) is 2. The number of urea groups is 1. The summed E-state index contributed by atoms with van der Waals surface area (Å²) in [6.45, 7) is 2.64. The third-order valence-corrected chi connectivity index (χ3v) is 3.28. The predicted octanol–water partition coefficient (Wildman–Crippen LogP) is 0.352. The Bertz CT molecular complexity index is 227. The van der Waals surface area contributed by atoms with Gasteiger partial charge < -0.3 is 15.1 Å². The first-order valence-electron chi connectivity index (χ1n) is 5.39. The van der Waals surface area contributed by atoms with Crippen LogP contribution in [0.2, 0.25) is 0 Å². The van der Waals surface area contributed by atoms with Crippen molar-refractivity contribution in [2.45, 2.75) is 18.9 Å². The minimum Gasteiger partial charge on any atom is -0.326 e. The Balaban J connectivity index is 1.86. The fraction of sp³-hybridized carbons (Fsp3) is 0.900. The van der Waals surface area contributed by atoms with Gasteiger partial charge in [-0.1, -0.05) is 0 Å². The number of amides is 2. The Morgan fingerprint density at radius 1 is 1.50 bits per heavy atom. The topological polar surface area (TPSA) is 35.6 Å². The van der Waals surface area contributed by atoms with Crippen LogP contribution in [-0.2, 0) is 0 Å². The van der Waals surface area contributed by atoms with Crippen LogP contribution in [0, 0.1) is 5.92 Å². The second-order valence-electron chi connectivity index (χ2n) is 4.38. The summed E-state index contributed by atoms with van der Waals surface area (Å²) < 4.78 is 0. The van der Waals surface area contributed by atoms with Crippen molar-refractivity contribution in [3.63, 3.8) is 0 Å². The fourth-order valence-corrected chi connectivity index (χ4v) is 2.08. The van der Waals surface area contributed by atoms with Crippen molar-refractivity contribution in [2.75, 3.05) is 33.7 Å². The maximum Gasteiger partial charge on any atom is 0.319 e. The molecule has 1 aliphatic carbocycles. The van der Waals surface area contributed by atoms with Crippen molar-refractivity contribution < 1.29 is 4.79 Å². The summed E-state index contributed by atoms with van der Waals surface area (Å²) in [6.07, 6.45) is 2.65. The number of hydrogen-bond acceptors (Lipinski definition) is 2. The number of carbonyl (C=O) groups excluding carboxylic acids is 1. The van der Waals surface area contributed by atoms with Crippen LogP contribution in [0.25, 0.3) is 0 Å². The van der Waals surface area contributed by atoms with Gasteiger partial charge in [-0.15, -0.1) is 0 Å². The molecule has 0 aromatic rings. The molecule has 0 spiro atoms. The minimum absolute atomic E-state index is 0.186. The Hall–Kier alpha value is -0.770. The molecule has 2 rings (SSSR count). The highest BCUT2D eigenvalue weighted by molar-refractivity contribution is 5.76. The standard InChI is InChI=1S/C10H19N3O/c1-11-9(8-3-4-8)7-13-6-5-12(2)10(13)14/h8-9,11H,3-7H2,1-2H3. The van der Waals surface area contributed by atoms with E-state index in [0.29, 0.717) is 6.04 Å². The van der Waals surface area contributed by atoms with E-state index in [1.54, 1.807) is 4.90 Å². The van der Waals surface area contributed by atoms with E-state index >= 15 is 0 Å². The lowest BCUT2D eigenvalue weighted by Crippen LogP contribution is -2.42. The van der Waals surface area contributed by atoms with Gasteiger partial charge >= 0.3 is 6.03 Å². The predicted molar refractivity (Wildman–Crippen MR) is 55.2 cm³/mol. The van der Waals surface area contributed by atoms with Crippen molar-refractivity contribution in [2.24, 2.45) is 5.92 Å². The lowest BCUT2D eigenvalue weighted by atomic mass is 10.2. The van der Waals surface area contributed by atoms with E-state index in [1.807, 2.05) is 19.0 Å². The molecule has 4 heteroatoms. The van der Waals surface area contributed by atoms with Crippen molar-refractivity contribution >= 4 is 6.03 Å². The van der Waals surface area contributed by atoms with Crippen LogP contribution < -0.4 is 5.32 Å². The average Bonchev–Trinajstić information content (AvgIpc) is 2.96. The largest absolute Gasteiger partial charge is 0.326 e. The van der Waals surface area contributed by atoms with E-state index in [4.69, 9.17) is 0 Å². The zero-order chi connectivity index (χ0) is 10.1. The first kappa shape index (κ1) is 9.77. The van der Waals surface area contributed by atoms with E-state index in [9.17, 15) is 4.79 Å². The van der Waals surface area contributed by atoms with Gasteiger partial charge in [-0.2, -0.15) is 0 Å². The smallest absolute Gasteiger partial charge is 0.319 e. The molecule has 1 saturated heterocycles. The van der Waals surface area contributed by atoms with Crippen LogP contribution in [-0.4, -0.2) is 55.6 Å². The molecule has 2 fully saturated rings. The molecule has 1 atom stereocenters. The quantitative estimate of drug-likeness (QED) is 0.706. The molecule has 14 heavy (non-hydrogen) atoms. The molecule has 4 nitrogen and oxygen atoms in total. The van der Waals surface area contributed by atoms with E-state index in [-0.39, 0.29) is 6.03 Å². The van der Waals surface area contributed by atoms with Crippen LogP contribution >= 0.6 is 0 Å². The van der Waals surface area contributed by atoms with Gasteiger partial charge in [0.05, 0.1) is 0 Å². The first-order valence-corrected chi connectivity index (χ1v) is 5.39. The fourth-order valence-electron chi connectivity index (χ4n) is 2.08. The molecule has 0 radical (unpaired) electrons. The van der Waals surface area contributed by atoms with Gasteiger partial charge in [0.15, 0.2) is 0 Å². The molecule has 2 amide bonds. The van der Waals surface area contributed by atoms with Crippen molar-refractivity contribution in [3.05, 3.63) is 0 Å². The molecule has 1 unspecified atom stereocenters. The summed E-state index contributed by atoms with van der Waals surface area (Å²) in [4.78, 5) is 15.4. The van der Waals surface area contributed by atoms with Crippen molar-refractivity contribution in [1.29, 1.82) is 0 Å². The highest BCUT2D eigenvalue weighted by Gasteiger charge is 2.34. The monoisotopic (exact) mass is 197 g/mol. The number of likely N-dealkylation sites (N-methyl/N-ethyl adjacent to an activating group) is 2. The van der Waals surface area contributed by atoms with Gasteiger partial charge in [0.2, 0.25) is 0 Å². The Kier molecular flexibility index (Phi) is 2.63. The average molecular weight is 197 g/mol. The van der Waals surface area contributed by atoms with Gasteiger partial charge in [0.1, 0.15) is 0 Å². The van der Waals surface area contributed by atoms with Gasteiger partial charge in [-0.3, -0.25) is 0 Å². The summed E-state index contributed by atoms with van der Waals surface area (Å²) in [5.41, 5.74) is 0. The third-order valence-electron chi connectivity index (χ3n) is 3.28. The van der Waals surface area contributed by atoms with Gasteiger partial charge in [0, 0.05) is 32.7 Å². The maximum absolute atomic E-state index is 11.6. The van der Waals surface area contributed by atoms with E-state index < -0.39 is 0 Å². The molecule has 1 heterocycles. The van der Waals surface area contributed by atoms with E-state index in [1.165, 1.54) is 12.8 Å². The molecule has 0 aromatic carbocycles. The Labute approximate surface area is 85.2 Å². The summed E-state index contributed by atoms with van der Waals surface area (Å²) in [5, 5.41) is 3.31. The second-order valence-corrected chi connectivity index (χ2v) is 4.38. The molecule has 1 N–H and O–H groups in total. The van der Waals surface area contributed by atoms with Crippen LogP contribution in [0.5, 0.6) is 0 Å². The summed E-state index contributed by atoms with van der Waals surface area (Å²) in [5.74, 6) is 0.804. The number of carbonyl (C=O) groups is 1. The third kappa shape index (κ3) is 1.85. The summed E-state index contributed by atoms with van der Waals surface area (Å²) >= 11 is 0. The van der Waals surface area contributed by atoms with Gasteiger partial charge in [-0.25, -0.2) is 4.79 Å². The van der Waals surface area contributed by atoms with Crippen LogP contribution in [0.15, 0.2) is 0 Å². The molecule has 1 aliphatic heterocycles. The van der Waals surface area contributed by atoms with Gasteiger partial charge in [0.25, 0.3) is 0 Å². The molecule has 0 bridgehead atoms. The first-order chi connectivity index (χ1) is 6.72. The molecular formula is C10H19N3O. The lowest BCUT2D eigenvalue weighted by Gasteiger charge is -2.22. The maximum atomic E-state index is 11.6. The number of rotatable bonds is 4. The normalized spacial score (nSPS) is 24.6. The number of nitrogens with one attached hydrogen (secondary N) is 1. The van der Waals surface area contributed by atoms with Crippen LogP contribution in [0.1, 0.15) is 12.8 Å². The van der Waals surface area contributed by atoms with Crippen LogP contribution in [0.3, 0.4) is 0 Å². The van der Waals surface area contributed by atoms with Crippen molar-refractivity contribution in [3.8, 4) is 0 Å². The SMILES string of the molecule is CNC(CN1CCN(C)C1=O)C1CC1. The van der Waals surface area contributed by atoms with Crippen LogP contribution in [0.4, 0.5) is 4.79 Å².